The van der Waals surface area contributed by atoms with E-state index in [1.54, 1.807) is 7.11 Å². The highest BCUT2D eigenvalue weighted by Gasteiger charge is 2.31. The zero-order chi connectivity index (χ0) is 25.4. The molecule has 35 heavy (non-hydrogen) atoms. The summed E-state index contributed by atoms with van der Waals surface area (Å²) in [6.45, 7) is 18.9. The molecule has 0 spiro atoms. The number of methoxy groups -OCH3 is 1. The largest absolute Gasteiger partial charge is 0.485 e. The van der Waals surface area contributed by atoms with Gasteiger partial charge in [0.2, 0.25) is 0 Å². The van der Waals surface area contributed by atoms with Gasteiger partial charge in [0.1, 0.15) is 11.9 Å². The van der Waals surface area contributed by atoms with E-state index in [4.69, 9.17) is 9.47 Å². The molecule has 1 aromatic rings. The number of nitrogens with zero attached hydrogens (tertiary/aromatic N) is 2. The second-order valence-electron chi connectivity index (χ2n) is 9.28. The molecule has 4 heteroatoms. The molecule has 2 aliphatic carbocycles. The molecule has 4 nitrogen and oxygen atoms in total. The Kier molecular flexibility index (Phi) is 9.85. The monoisotopic (exact) mass is 476 g/mol. The Balaban J connectivity index is 2.04. The van der Waals surface area contributed by atoms with Gasteiger partial charge < -0.3 is 19.3 Å². The molecule has 0 heterocycles. The van der Waals surface area contributed by atoms with E-state index in [-0.39, 0.29) is 30.0 Å². The summed E-state index contributed by atoms with van der Waals surface area (Å²) >= 11 is 0. The molecule has 0 bridgehead atoms. The van der Waals surface area contributed by atoms with Crippen molar-refractivity contribution in [2.24, 2.45) is 17.8 Å². The summed E-state index contributed by atoms with van der Waals surface area (Å²) in [5.74, 6) is 1.55. The quantitative estimate of drug-likeness (QED) is 0.305. The van der Waals surface area contributed by atoms with E-state index in [9.17, 15) is 0 Å². The van der Waals surface area contributed by atoms with E-state index in [0.29, 0.717) is 0 Å². The lowest BCUT2D eigenvalue weighted by Gasteiger charge is -2.34. The molecular formula is C31H44N2O2. The highest BCUT2D eigenvalue weighted by molar-refractivity contribution is 5.55. The van der Waals surface area contributed by atoms with E-state index in [1.807, 2.05) is 6.08 Å². The van der Waals surface area contributed by atoms with Crippen LogP contribution in [0.2, 0.25) is 0 Å². The number of allylic oxidation sites excluding steroid dienone is 5. The van der Waals surface area contributed by atoms with E-state index in [1.165, 1.54) is 11.4 Å². The molecule has 5 unspecified atom stereocenters. The van der Waals surface area contributed by atoms with Gasteiger partial charge in [0.05, 0.1) is 6.10 Å². The predicted octanol–water partition coefficient (Wildman–Crippen LogP) is 6.94. The zero-order valence-electron chi connectivity index (χ0n) is 22.5. The maximum Gasteiger partial charge on any atom is 0.128 e. The average molecular weight is 477 g/mol. The molecule has 2 aliphatic rings. The van der Waals surface area contributed by atoms with Gasteiger partial charge in [-0.2, -0.15) is 0 Å². The first-order chi connectivity index (χ1) is 17.0. The Hall–Kier alpha value is -2.72. The standard InChI is InChI=1S/C31H44N2O2/c1-8-24-15-13-14-16-27(24)31(34-7)28-20-19-26(33(11-4)12-5)22-30(28)35-29-21-25(18-17-23(29)6)32(9-2)10-3/h8,13-24,27,29,31H,1,9-12H2,2-7H3. The van der Waals surface area contributed by atoms with Crippen LogP contribution in [0, 0.1) is 17.8 Å². The van der Waals surface area contributed by atoms with Crippen LogP contribution in [0.4, 0.5) is 5.69 Å². The Morgan fingerprint density at radius 3 is 2.29 bits per heavy atom. The van der Waals surface area contributed by atoms with Crippen molar-refractivity contribution in [3.63, 3.8) is 0 Å². The van der Waals surface area contributed by atoms with Crippen molar-refractivity contribution < 1.29 is 9.47 Å². The Morgan fingerprint density at radius 2 is 1.66 bits per heavy atom. The van der Waals surface area contributed by atoms with Gasteiger partial charge in [-0.3, -0.25) is 0 Å². The van der Waals surface area contributed by atoms with Gasteiger partial charge in [0.15, 0.2) is 0 Å². The summed E-state index contributed by atoms with van der Waals surface area (Å²) in [4.78, 5) is 4.73. The van der Waals surface area contributed by atoms with Gasteiger partial charge in [-0.25, -0.2) is 0 Å². The number of ether oxygens (including phenoxy) is 2. The minimum atomic E-state index is -0.138. The van der Waals surface area contributed by atoms with Crippen LogP contribution in [0.3, 0.4) is 0 Å². The van der Waals surface area contributed by atoms with Crippen molar-refractivity contribution in [1.29, 1.82) is 0 Å². The second-order valence-corrected chi connectivity index (χ2v) is 9.28. The lowest BCUT2D eigenvalue weighted by molar-refractivity contribution is 0.0552. The first-order valence-electron chi connectivity index (χ1n) is 13.2. The molecule has 0 aromatic heterocycles. The van der Waals surface area contributed by atoms with Gasteiger partial charge in [-0.05, 0) is 45.9 Å². The fraction of sp³-hybridized carbons (Fsp3) is 0.484. The number of likely N-dealkylation sites (N-methyl/N-ethyl adjacent to an activating group) is 1. The highest BCUT2D eigenvalue weighted by atomic mass is 16.5. The lowest BCUT2D eigenvalue weighted by atomic mass is 9.81. The zero-order valence-corrected chi connectivity index (χ0v) is 22.5. The second kappa shape index (κ2) is 12.8. The smallest absolute Gasteiger partial charge is 0.128 e. The lowest BCUT2D eigenvalue weighted by Crippen LogP contribution is -2.30. The number of rotatable bonds is 12. The minimum absolute atomic E-state index is 0.0456. The fourth-order valence-corrected chi connectivity index (χ4v) is 5.14. The molecule has 0 saturated carbocycles. The van der Waals surface area contributed by atoms with Crippen LogP contribution in [0.1, 0.15) is 46.3 Å². The SMILES string of the molecule is C=CC1C=CC=CC1C(OC)c1ccc(N(CC)CC)cc1OC1C=C(N(CC)CC)C=CC1C. The summed E-state index contributed by atoms with van der Waals surface area (Å²) < 4.78 is 13.0. The molecule has 0 fully saturated rings. The Morgan fingerprint density at radius 1 is 0.971 bits per heavy atom. The summed E-state index contributed by atoms with van der Waals surface area (Å²) in [6, 6.07) is 6.60. The Labute approximate surface area is 213 Å². The number of anilines is 1. The van der Waals surface area contributed by atoms with Crippen molar-refractivity contribution in [3.8, 4) is 5.75 Å². The summed E-state index contributed by atoms with van der Waals surface area (Å²) in [5, 5.41) is 0. The maximum absolute atomic E-state index is 6.86. The van der Waals surface area contributed by atoms with Crippen LogP contribution in [0.5, 0.6) is 5.75 Å². The molecule has 5 atom stereocenters. The third-order valence-corrected chi connectivity index (χ3v) is 7.35. The molecule has 190 valence electrons. The molecule has 0 N–H and O–H groups in total. The van der Waals surface area contributed by atoms with Crippen LogP contribution >= 0.6 is 0 Å². The van der Waals surface area contributed by atoms with Gasteiger partial charge in [-0.1, -0.05) is 49.4 Å². The molecule has 0 aliphatic heterocycles. The molecule has 0 amide bonds. The third-order valence-electron chi connectivity index (χ3n) is 7.35. The van der Waals surface area contributed by atoms with Crippen molar-refractivity contribution >= 4 is 5.69 Å². The predicted molar refractivity (Wildman–Crippen MR) is 149 cm³/mol. The molecule has 3 rings (SSSR count). The number of benzene rings is 1. The molecule has 0 radical (unpaired) electrons. The number of hydrogen-bond acceptors (Lipinski definition) is 4. The maximum atomic E-state index is 6.86. The first kappa shape index (κ1) is 26.9. The van der Waals surface area contributed by atoms with Crippen molar-refractivity contribution in [2.75, 3.05) is 38.2 Å². The van der Waals surface area contributed by atoms with Crippen molar-refractivity contribution in [2.45, 2.75) is 46.8 Å². The summed E-state index contributed by atoms with van der Waals surface area (Å²) in [6.07, 6.45) is 17.2. The summed E-state index contributed by atoms with van der Waals surface area (Å²) in [7, 11) is 1.80. The highest BCUT2D eigenvalue weighted by Crippen LogP contribution is 2.41. The molecular weight excluding hydrogens is 432 g/mol. The van der Waals surface area contributed by atoms with Crippen LogP contribution < -0.4 is 9.64 Å². The normalized spacial score (nSPS) is 24.1. The topological polar surface area (TPSA) is 24.9 Å². The van der Waals surface area contributed by atoms with Gasteiger partial charge in [0.25, 0.3) is 0 Å². The average Bonchev–Trinajstić information content (AvgIpc) is 2.89. The minimum Gasteiger partial charge on any atom is -0.485 e. The number of hydrogen-bond donors (Lipinski definition) is 0. The van der Waals surface area contributed by atoms with Gasteiger partial charge in [0, 0.05) is 74.1 Å². The van der Waals surface area contributed by atoms with E-state index in [2.05, 4.69) is 112 Å². The third kappa shape index (κ3) is 6.10. The van der Waals surface area contributed by atoms with Crippen molar-refractivity contribution in [3.05, 3.63) is 84.6 Å². The van der Waals surface area contributed by atoms with E-state index in [0.717, 1.165) is 37.5 Å². The van der Waals surface area contributed by atoms with Crippen LogP contribution in [-0.2, 0) is 4.74 Å². The Bertz CT molecular complexity index is 953. The van der Waals surface area contributed by atoms with Crippen molar-refractivity contribution in [1.82, 2.24) is 4.90 Å². The van der Waals surface area contributed by atoms with Gasteiger partial charge >= 0.3 is 0 Å². The van der Waals surface area contributed by atoms with Gasteiger partial charge in [-0.15, -0.1) is 6.58 Å². The van der Waals surface area contributed by atoms with E-state index >= 15 is 0 Å². The van der Waals surface area contributed by atoms with Crippen LogP contribution in [0.25, 0.3) is 0 Å². The molecule has 1 aromatic carbocycles. The first-order valence-corrected chi connectivity index (χ1v) is 13.2. The fourth-order valence-electron chi connectivity index (χ4n) is 5.14. The molecule has 0 saturated heterocycles. The van der Waals surface area contributed by atoms with Crippen LogP contribution in [0.15, 0.2) is 79.1 Å². The van der Waals surface area contributed by atoms with Crippen LogP contribution in [-0.4, -0.2) is 44.3 Å². The summed E-state index contributed by atoms with van der Waals surface area (Å²) in [5.41, 5.74) is 3.49. The van der Waals surface area contributed by atoms with E-state index < -0.39 is 0 Å².